The number of rotatable bonds is 4. The number of hydrogen-bond acceptors (Lipinski definition) is 4. The monoisotopic (exact) mass is 309 g/mol. The van der Waals surface area contributed by atoms with E-state index in [1.165, 1.54) is 0 Å². The predicted molar refractivity (Wildman–Crippen MR) is 69.0 cm³/mol. The Bertz CT molecular complexity index is 537. The van der Waals surface area contributed by atoms with Crippen LogP contribution in [0.3, 0.4) is 0 Å². The van der Waals surface area contributed by atoms with Crippen molar-refractivity contribution in [3.05, 3.63) is 40.6 Å². The van der Waals surface area contributed by atoms with Crippen LogP contribution in [0.15, 0.2) is 29.1 Å². The van der Waals surface area contributed by atoms with Crippen molar-refractivity contribution in [2.45, 2.75) is 6.42 Å². The Morgan fingerprint density at radius 3 is 2.89 bits per heavy atom. The normalized spacial score (nSPS) is 10.3. The fourth-order valence-electron chi connectivity index (χ4n) is 1.39. The quantitative estimate of drug-likeness (QED) is 0.912. The minimum absolute atomic E-state index is 0.196. The fraction of sp³-hybridized carbons (Fsp3) is 0.273. The van der Waals surface area contributed by atoms with Crippen molar-refractivity contribution in [2.24, 2.45) is 7.05 Å². The van der Waals surface area contributed by atoms with E-state index < -0.39 is 0 Å². The highest BCUT2D eigenvalue weighted by Crippen LogP contribution is 2.07. The van der Waals surface area contributed by atoms with E-state index in [4.69, 9.17) is 0 Å². The average Bonchev–Trinajstić information content (AvgIpc) is 2.76. The Balaban J connectivity index is 1.83. The summed E-state index contributed by atoms with van der Waals surface area (Å²) in [6, 6.07) is 3.45. The van der Waals surface area contributed by atoms with Crippen LogP contribution >= 0.6 is 15.9 Å². The third kappa shape index (κ3) is 3.36. The summed E-state index contributed by atoms with van der Waals surface area (Å²) in [5.41, 5.74) is 0.396. The van der Waals surface area contributed by atoms with Crippen molar-refractivity contribution in [1.29, 1.82) is 0 Å². The lowest BCUT2D eigenvalue weighted by molar-refractivity contribution is 0.0949. The summed E-state index contributed by atoms with van der Waals surface area (Å²) < 4.78 is 2.48. The van der Waals surface area contributed by atoms with Crippen LogP contribution in [-0.4, -0.2) is 32.2 Å². The van der Waals surface area contributed by atoms with E-state index >= 15 is 0 Å². The first-order valence-corrected chi connectivity index (χ1v) is 6.19. The first kappa shape index (κ1) is 12.7. The van der Waals surface area contributed by atoms with Crippen molar-refractivity contribution in [1.82, 2.24) is 25.1 Å². The Labute approximate surface area is 113 Å². The SMILES string of the molecule is Cn1cnc(CCNC(=O)c2ccc(Br)cn2)n1. The van der Waals surface area contributed by atoms with Crippen LogP contribution in [-0.2, 0) is 13.5 Å². The van der Waals surface area contributed by atoms with Gasteiger partial charge in [-0.15, -0.1) is 0 Å². The lowest BCUT2D eigenvalue weighted by Gasteiger charge is -2.02. The Morgan fingerprint density at radius 2 is 2.28 bits per heavy atom. The Kier molecular flexibility index (Phi) is 4.03. The highest BCUT2D eigenvalue weighted by Gasteiger charge is 2.06. The van der Waals surface area contributed by atoms with Crippen LogP contribution < -0.4 is 5.32 Å². The van der Waals surface area contributed by atoms with E-state index in [1.54, 1.807) is 36.4 Å². The molecule has 2 aromatic rings. The van der Waals surface area contributed by atoms with Gasteiger partial charge in [-0.3, -0.25) is 9.48 Å². The molecule has 0 bridgehead atoms. The number of nitrogens with zero attached hydrogens (tertiary/aromatic N) is 4. The van der Waals surface area contributed by atoms with Gasteiger partial charge in [0.15, 0.2) is 5.82 Å². The van der Waals surface area contributed by atoms with Gasteiger partial charge >= 0.3 is 0 Å². The van der Waals surface area contributed by atoms with Crippen molar-refractivity contribution >= 4 is 21.8 Å². The molecule has 2 heterocycles. The van der Waals surface area contributed by atoms with Gasteiger partial charge in [-0.1, -0.05) is 0 Å². The highest BCUT2D eigenvalue weighted by molar-refractivity contribution is 9.10. The number of aromatic nitrogens is 4. The second-order valence-corrected chi connectivity index (χ2v) is 4.62. The maximum absolute atomic E-state index is 11.7. The van der Waals surface area contributed by atoms with Gasteiger partial charge in [-0.05, 0) is 28.1 Å². The van der Waals surface area contributed by atoms with E-state index in [0.717, 1.165) is 4.47 Å². The third-order valence-corrected chi connectivity index (χ3v) is 2.71. The third-order valence-electron chi connectivity index (χ3n) is 2.24. The zero-order chi connectivity index (χ0) is 13.0. The maximum Gasteiger partial charge on any atom is 0.269 e. The molecule has 18 heavy (non-hydrogen) atoms. The molecule has 0 spiro atoms. The molecule has 2 aromatic heterocycles. The zero-order valence-corrected chi connectivity index (χ0v) is 11.4. The van der Waals surface area contributed by atoms with Gasteiger partial charge in [0.05, 0.1) is 0 Å². The maximum atomic E-state index is 11.7. The molecule has 0 fully saturated rings. The van der Waals surface area contributed by atoms with Crippen LogP contribution in [0.4, 0.5) is 0 Å². The second-order valence-electron chi connectivity index (χ2n) is 3.70. The number of hydrogen-bond donors (Lipinski definition) is 1. The number of halogens is 1. The topological polar surface area (TPSA) is 72.7 Å². The minimum Gasteiger partial charge on any atom is -0.350 e. The number of amides is 1. The van der Waals surface area contributed by atoms with Gasteiger partial charge < -0.3 is 5.32 Å². The molecule has 7 heteroatoms. The van der Waals surface area contributed by atoms with Crippen LogP contribution in [0.2, 0.25) is 0 Å². The van der Waals surface area contributed by atoms with E-state index in [0.29, 0.717) is 24.5 Å². The first-order valence-electron chi connectivity index (χ1n) is 5.39. The fourth-order valence-corrected chi connectivity index (χ4v) is 1.62. The van der Waals surface area contributed by atoms with Gasteiger partial charge in [-0.2, -0.15) is 5.10 Å². The summed E-state index contributed by atoms with van der Waals surface area (Å²) in [5, 5.41) is 6.89. The summed E-state index contributed by atoms with van der Waals surface area (Å²) in [6.45, 7) is 0.487. The van der Waals surface area contributed by atoms with E-state index in [1.807, 2.05) is 0 Å². The zero-order valence-electron chi connectivity index (χ0n) is 9.80. The summed E-state index contributed by atoms with van der Waals surface area (Å²) in [4.78, 5) is 19.8. The summed E-state index contributed by atoms with van der Waals surface area (Å²) in [7, 11) is 1.81. The highest BCUT2D eigenvalue weighted by atomic mass is 79.9. The van der Waals surface area contributed by atoms with Crippen LogP contribution in [0.1, 0.15) is 16.3 Å². The molecule has 6 nitrogen and oxygen atoms in total. The van der Waals surface area contributed by atoms with Crippen molar-refractivity contribution in [3.63, 3.8) is 0 Å². The molecule has 0 saturated heterocycles. The van der Waals surface area contributed by atoms with E-state index in [9.17, 15) is 4.79 Å². The van der Waals surface area contributed by atoms with Crippen LogP contribution in [0, 0.1) is 0 Å². The number of aryl methyl sites for hydroxylation is 1. The average molecular weight is 310 g/mol. The van der Waals surface area contributed by atoms with Crippen molar-refractivity contribution in [2.75, 3.05) is 6.54 Å². The molecule has 0 radical (unpaired) electrons. The van der Waals surface area contributed by atoms with Gasteiger partial charge in [0.1, 0.15) is 12.0 Å². The van der Waals surface area contributed by atoms with Gasteiger partial charge in [0.2, 0.25) is 0 Å². The summed E-state index contributed by atoms with van der Waals surface area (Å²) in [6.07, 6.45) is 3.83. The number of carbonyl (C=O) groups excluding carboxylic acids is 1. The minimum atomic E-state index is -0.196. The lowest BCUT2D eigenvalue weighted by Crippen LogP contribution is -2.26. The molecule has 2 rings (SSSR count). The molecule has 94 valence electrons. The van der Waals surface area contributed by atoms with Crippen molar-refractivity contribution in [3.8, 4) is 0 Å². The molecule has 1 N–H and O–H groups in total. The van der Waals surface area contributed by atoms with Crippen LogP contribution in [0.25, 0.3) is 0 Å². The van der Waals surface area contributed by atoms with E-state index in [-0.39, 0.29) is 5.91 Å². The first-order chi connectivity index (χ1) is 8.65. The molecular formula is C11H12BrN5O. The number of nitrogens with one attached hydrogen (secondary N) is 1. The van der Waals surface area contributed by atoms with E-state index in [2.05, 4.69) is 36.3 Å². The molecular weight excluding hydrogens is 298 g/mol. The Hall–Kier alpha value is -1.76. The smallest absolute Gasteiger partial charge is 0.269 e. The van der Waals surface area contributed by atoms with Crippen LogP contribution in [0.5, 0.6) is 0 Å². The molecule has 0 aliphatic carbocycles. The van der Waals surface area contributed by atoms with Gasteiger partial charge in [0.25, 0.3) is 5.91 Å². The summed E-state index contributed by atoms with van der Waals surface area (Å²) in [5.74, 6) is 0.514. The standard InChI is InChI=1S/C11H12BrN5O/c1-17-7-15-10(16-17)4-5-13-11(18)9-3-2-8(12)6-14-9/h2-3,6-7H,4-5H2,1H3,(H,13,18). The molecule has 0 atom stereocenters. The van der Waals surface area contributed by atoms with Gasteiger partial charge in [0, 0.05) is 30.7 Å². The lowest BCUT2D eigenvalue weighted by atomic mass is 10.3. The molecule has 0 aliphatic heterocycles. The van der Waals surface area contributed by atoms with Crippen molar-refractivity contribution < 1.29 is 4.79 Å². The molecule has 0 unspecified atom stereocenters. The Morgan fingerprint density at radius 1 is 1.44 bits per heavy atom. The predicted octanol–water partition coefficient (Wildman–Crippen LogP) is 0.945. The summed E-state index contributed by atoms with van der Waals surface area (Å²) >= 11 is 3.27. The second kappa shape index (κ2) is 5.72. The molecule has 1 amide bonds. The molecule has 0 aliphatic rings. The molecule has 0 aromatic carbocycles. The molecule has 0 saturated carbocycles. The van der Waals surface area contributed by atoms with Gasteiger partial charge in [-0.25, -0.2) is 9.97 Å². The number of pyridine rings is 1. The largest absolute Gasteiger partial charge is 0.350 e. The number of carbonyl (C=O) groups is 1.